The van der Waals surface area contributed by atoms with Gasteiger partial charge in [-0.15, -0.1) is 0 Å². The van der Waals surface area contributed by atoms with Gasteiger partial charge in [0.05, 0.1) is 0 Å². The van der Waals surface area contributed by atoms with E-state index in [0.717, 1.165) is 0 Å². The van der Waals surface area contributed by atoms with E-state index in [1.54, 1.807) is 43.3 Å². The van der Waals surface area contributed by atoms with Gasteiger partial charge >= 0.3 is 5.97 Å². The van der Waals surface area contributed by atoms with E-state index in [1.807, 2.05) is 6.07 Å². The molecule has 2 aromatic rings. The molecule has 0 spiro atoms. The van der Waals surface area contributed by atoms with Crippen LogP contribution >= 0.6 is 0 Å². The third-order valence-corrected chi connectivity index (χ3v) is 2.08. The Balaban J connectivity index is 0.000000550. The number of benzene rings is 2. The van der Waals surface area contributed by atoms with Crippen LogP contribution in [0.5, 0.6) is 11.5 Å². The lowest BCUT2D eigenvalue weighted by molar-refractivity contribution is 0.0731. The number of hydrogen-bond donors (Lipinski definition) is 2. The summed E-state index contributed by atoms with van der Waals surface area (Å²) in [5.74, 6) is -0.191. The molecule has 0 saturated heterocycles. The second kappa shape index (κ2) is 7.89. The molecule has 0 aliphatic heterocycles. The number of carbonyl (C=O) groups excluding carboxylic acids is 1. The van der Waals surface area contributed by atoms with Gasteiger partial charge in [-0.1, -0.05) is 30.3 Å². The summed E-state index contributed by atoms with van der Waals surface area (Å²) in [4.78, 5) is 11.7. The molecule has 2 rings (SSSR count). The van der Waals surface area contributed by atoms with Crippen LogP contribution in [0.2, 0.25) is 0 Å². The number of hydrogen-bond acceptors (Lipinski definition) is 4. The van der Waals surface area contributed by atoms with Gasteiger partial charge in [0.1, 0.15) is 17.1 Å². The normalized spacial score (nSPS) is 9.16. The number of aromatic hydroxyl groups is 1. The smallest absolute Gasteiger partial charge is 0.347 e. The summed E-state index contributed by atoms with van der Waals surface area (Å²) < 4.78 is 5.08. The molecule has 0 unspecified atom stereocenters. The zero-order chi connectivity index (χ0) is 14.1. The molecule has 0 aliphatic rings. The number of phenols is 1. The first-order valence-electron chi connectivity index (χ1n) is 5.85. The third kappa shape index (κ3) is 4.81. The van der Waals surface area contributed by atoms with Crippen molar-refractivity contribution >= 4 is 5.97 Å². The number of esters is 1. The second-order valence-corrected chi connectivity index (χ2v) is 3.54. The maximum absolute atomic E-state index is 11.7. The number of rotatable bonds is 2. The Hall–Kier alpha value is -2.33. The van der Waals surface area contributed by atoms with Gasteiger partial charge in [-0.2, -0.15) is 0 Å². The van der Waals surface area contributed by atoms with Crippen molar-refractivity contribution in [2.75, 3.05) is 6.61 Å². The van der Waals surface area contributed by atoms with Gasteiger partial charge in [0.2, 0.25) is 0 Å². The molecule has 0 aliphatic carbocycles. The predicted octanol–water partition coefficient (Wildman–Crippen LogP) is 2.61. The van der Waals surface area contributed by atoms with Gasteiger partial charge < -0.3 is 14.9 Å². The Labute approximate surface area is 111 Å². The minimum absolute atomic E-state index is 0.0802. The van der Waals surface area contributed by atoms with Crippen molar-refractivity contribution in [2.24, 2.45) is 0 Å². The van der Waals surface area contributed by atoms with Crippen LogP contribution in [-0.2, 0) is 0 Å². The molecular weight excluding hydrogens is 244 g/mol. The number of carbonyl (C=O) groups is 1. The minimum atomic E-state index is -0.565. The van der Waals surface area contributed by atoms with Crippen LogP contribution in [0.15, 0.2) is 54.6 Å². The molecule has 0 bridgehead atoms. The van der Waals surface area contributed by atoms with Crippen molar-refractivity contribution in [3.63, 3.8) is 0 Å². The fourth-order valence-corrected chi connectivity index (χ4v) is 1.30. The first-order valence-corrected chi connectivity index (χ1v) is 5.85. The molecule has 19 heavy (non-hydrogen) atoms. The molecule has 0 aromatic heterocycles. The van der Waals surface area contributed by atoms with Crippen LogP contribution < -0.4 is 4.74 Å². The Morgan fingerprint density at radius 2 is 1.58 bits per heavy atom. The molecule has 2 N–H and O–H groups in total. The van der Waals surface area contributed by atoms with Crippen LogP contribution in [0.4, 0.5) is 0 Å². The Morgan fingerprint density at radius 3 is 2.16 bits per heavy atom. The predicted molar refractivity (Wildman–Crippen MR) is 72.3 cm³/mol. The quantitative estimate of drug-likeness (QED) is 0.643. The van der Waals surface area contributed by atoms with Crippen molar-refractivity contribution in [2.45, 2.75) is 6.92 Å². The van der Waals surface area contributed by atoms with Gasteiger partial charge in [-0.05, 0) is 31.2 Å². The highest BCUT2D eigenvalue weighted by Gasteiger charge is 2.12. The first kappa shape index (κ1) is 14.7. The monoisotopic (exact) mass is 260 g/mol. The molecule has 100 valence electrons. The van der Waals surface area contributed by atoms with E-state index < -0.39 is 5.97 Å². The molecule has 4 heteroatoms. The minimum Gasteiger partial charge on any atom is -0.507 e. The van der Waals surface area contributed by atoms with E-state index >= 15 is 0 Å². The largest absolute Gasteiger partial charge is 0.507 e. The first-order chi connectivity index (χ1) is 9.19. The topological polar surface area (TPSA) is 66.8 Å². The number of ether oxygens (including phenoxy) is 1. The van der Waals surface area contributed by atoms with Gasteiger partial charge in [-0.25, -0.2) is 4.79 Å². The van der Waals surface area contributed by atoms with Crippen molar-refractivity contribution in [1.29, 1.82) is 0 Å². The SMILES string of the molecule is CCO.O=C(Oc1ccccc1)c1ccccc1O. The van der Waals surface area contributed by atoms with Crippen LogP contribution in [0, 0.1) is 0 Å². The molecule has 0 atom stereocenters. The third-order valence-electron chi connectivity index (χ3n) is 2.08. The second-order valence-electron chi connectivity index (χ2n) is 3.54. The zero-order valence-electron chi connectivity index (χ0n) is 10.6. The van der Waals surface area contributed by atoms with Crippen LogP contribution in [0.1, 0.15) is 17.3 Å². The van der Waals surface area contributed by atoms with E-state index in [1.165, 1.54) is 12.1 Å². The van der Waals surface area contributed by atoms with Gasteiger partial charge in [0.15, 0.2) is 0 Å². The summed E-state index contributed by atoms with van der Waals surface area (Å²) in [5, 5.41) is 17.0. The maximum Gasteiger partial charge on any atom is 0.347 e. The van der Waals surface area contributed by atoms with E-state index in [-0.39, 0.29) is 17.9 Å². The lowest BCUT2D eigenvalue weighted by Crippen LogP contribution is -2.08. The summed E-state index contributed by atoms with van der Waals surface area (Å²) in [6.45, 7) is 1.93. The molecular formula is C15H16O4. The average molecular weight is 260 g/mol. The van der Waals surface area contributed by atoms with E-state index in [2.05, 4.69) is 0 Å². The van der Waals surface area contributed by atoms with Gasteiger partial charge in [0.25, 0.3) is 0 Å². The molecule has 0 fully saturated rings. The standard InChI is InChI=1S/C13H10O3.C2H6O/c14-12-9-5-4-8-11(12)13(15)16-10-6-2-1-3-7-10;1-2-3/h1-9,14H;3H,2H2,1H3. The molecule has 0 saturated carbocycles. The highest BCUT2D eigenvalue weighted by atomic mass is 16.5. The van der Waals surface area contributed by atoms with Crippen molar-refractivity contribution < 1.29 is 19.7 Å². The summed E-state index contributed by atoms with van der Waals surface area (Å²) in [6.07, 6.45) is 0. The molecule has 0 radical (unpaired) electrons. The van der Waals surface area contributed by atoms with Crippen molar-refractivity contribution in [1.82, 2.24) is 0 Å². The lowest BCUT2D eigenvalue weighted by atomic mass is 10.2. The highest BCUT2D eigenvalue weighted by molar-refractivity contribution is 5.93. The van der Waals surface area contributed by atoms with Crippen LogP contribution in [0.25, 0.3) is 0 Å². The summed E-state index contributed by atoms with van der Waals surface area (Å²) in [5.41, 5.74) is 0.159. The number of para-hydroxylation sites is 2. The van der Waals surface area contributed by atoms with E-state index in [0.29, 0.717) is 5.75 Å². The Kier molecular flexibility index (Phi) is 6.12. The molecule has 2 aromatic carbocycles. The zero-order valence-corrected chi connectivity index (χ0v) is 10.6. The van der Waals surface area contributed by atoms with Crippen molar-refractivity contribution in [3.8, 4) is 11.5 Å². The number of phenolic OH excluding ortho intramolecular Hbond substituents is 1. The molecule has 4 nitrogen and oxygen atoms in total. The van der Waals surface area contributed by atoms with E-state index in [4.69, 9.17) is 9.84 Å². The summed E-state index contributed by atoms with van der Waals surface area (Å²) >= 11 is 0. The number of aliphatic hydroxyl groups excluding tert-OH is 1. The summed E-state index contributed by atoms with van der Waals surface area (Å²) in [7, 11) is 0. The number of aliphatic hydroxyl groups is 1. The lowest BCUT2D eigenvalue weighted by Gasteiger charge is -2.04. The summed E-state index contributed by atoms with van der Waals surface area (Å²) in [6, 6.07) is 15.0. The highest BCUT2D eigenvalue weighted by Crippen LogP contribution is 2.18. The van der Waals surface area contributed by atoms with Crippen molar-refractivity contribution in [3.05, 3.63) is 60.2 Å². The van der Waals surface area contributed by atoms with E-state index in [9.17, 15) is 9.90 Å². The van der Waals surface area contributed by atoms with Gasteiger partial charge in [0, 0.05) is 6.61 Å². The fraction of sp³-hybridized carbons (Fsp3) is 0.133. The Morgan fingerprint density at radius 1 is 1.05 bits per heavy atom. The Bertz CT molecular complexity index is 509. The molecule has 0 heterocycles. The van der Waals surface area contributed by atoms with Crippen LogP contribution in [0.3, 0.4) is 0 Å². The van der Waals surface area contributed by atoms with Crippen LogP contribution in [-0.4, -0.2) is 22.8 Å². The maximum atomic E-state index is 11.7. The molecule has 0 amide bonds. The fourth-order valence-electron chi connectivity index (χ4n) is 1.30. The average Bonchev–Trinajstić information content (AvgIpc) is 2.41. The van der Waals surface area contributed by atoms with Gasteiger partial charge in [-0.3, -0.25) is 0 Å².